The van der Waals surface area contributed by atoms with Crippen molar-refractivity contribution >= 4 is 6.29 Å². The monoisotopic (exact) mass is 234 g/mol. The summed E-state index contributed by atoms with van der Waals surface area (Å²) in [6.45, 7) is 2.12. The Hall–Kier alpha value is -1.03. The third-order valence-electron chi connectivity index (χ3n) is 2.66. The van der Waals surface area contributed by atoms with E-state index >= 15 is 0 Å². The van der Waals surface area contributed by atoms with E-state index in [2.05, 4.69) is 24.8 Å². The molecule has 0 fully saturated rings. The van der Waals surface area contributed by atoms with Crippen LogP contribution in [0.3, 0.4) is 0 Å². The Balaban J connectivity index is 3.09. The predicted molar refractivity (Wildman–Crippen MR) is 74.8 cm³/mol. The van der Waals surface area contributed by atoms with Crippen LogP contribution >= 0.6 is 0 Å². The number of unbranched alkanes of at least 4 members (excludes halogenated alkanes) is 8. The van der Waals surface area contributed by atoms with Crippen molar-refractivity contribution in [2.75, 3.05) is 0 Å². The maximum Gasteiger partial charge on any atom is 0.119 e. The van der Waals surface area contributed by atoms with E-state index in [1.54, 1.807) is 0 Å². The number of hydrogen-bond donors (Lipinski definition) is 0. The summed E-state index contributed by atoms with van der Waals surface area (Å²) in [6.07, 6.45) is 16.6. The molecular weight excluding hydrogens is 208 g/mol. The zero-order chi connectivity index (χ0) is 12.6. The lowest BCUT2D eigenvalue weighted by Crippen LogP contribution is -1.81. The Morgan fingerprint density at radius 3 is 2.24 bits per heavy atom. The van der Waals surface area contributed by atoms with Gasteiger partial charge in [-0.05, 0) is 25.3 Å². The Bertz CT molecular complexity index is 242. The van der Waals surface area contributed by atoms with Gasteiger partial charge in [-0.1, -0.05) is 56.9 Å². The SMILES string of the molecule is CC/C=C/C#CCCCCCCCCCC=O. The molecule has 1 nitrogen and oxygen atoms in total. The molecule has 0 N–H and O–H groups in total. The van der Waals surface area contributed by atoms with E-state index in [-0.39, 0.29) is 0 Å². The highest BCUT2D eigenvalue weighted by atomic mass is 16.1. The molecule has 0 heterocycles. The van der Waals surface area contributed by atoms with Crippen molar-refractivity contribution in [2.24, 2.45) is 0 Å². The molecule has 0 aromatic rings. The number of carbonyl (C=O) groups excluding carboxylic acids is 1. The highest BCUT2D eigenvalue weighted by Crippen LogP contribution is 2.08. The number of carbonyl (C=O) groups is 1. The van der Waals surface area contributed by atoms with Gasteiger partial charge in [0.25, 0.3) is 0 Å². The summed E-state index contributed by atoms with van der Waals surface area (Å²) in [5, 5.41) is 0. The van der Waals surface area contributed by atoms with Crippen LogP contribution in [-0.4, -0.2) is 6.29 Å². The van der Waals surface area contributed by atoms with E-state index in [0.717, 1.165) is 32.0 Å². The van der Waals surface area contributed by atoms with E-state index in [1.807, 2.05) is 6.08 Å². The summed E-state index contributed by atoms with van der Waals surface area (Å²) in [5.41, 5.74) is 0. The molecule has 0 radical (unpaired) electrons. The van der Waals surface area contributed by atoms with Gasteiger partial charge in [0, 0.05) is 12.8 Å². The number of aldehydes is 1. The van der Waals surface area contributed by atoms with E-state index < -0.39 is 0 Å². The van der Waals surface area contributed by atoms with E-state index in [9.17, 15) is 4.79 Å². The largest absolute Gasteiger partial charge is 0.303 e. The first-order valence-electron chi connectivity index (χ1n) is 6.98. The van der Waals surface area contributed by atoms with Crippen molar-refractivity contribution in [2.45, 2.75) is 71.1 Å². The van der Waals surface area contributed by atoms with Gasteiger partial charge in [0.1, 0.15) is 6.29 Å². The molecule has 0 saturated heterocycles. The van der Waals surface area contributed by atoms with Gasteiger partial charge >= 0.3 is 0 Å². The molecule has 1 heteroatoms. The first-order valence-corrected chi connectivity index (χ1v) is 6.98. The second-order valence-electron chi connectivity index (χ2n) is 4.31. The molecular formula is C16H26O. The lowest BCUT2D eigenvalue weighted by molar-refractivity contribution is -0.107. The summed E-state index contributed by atoms with van der Waals surface area (Å²) in [6, 6.07) is 0. The van der Waals surface area contributed by atoms with Crippen LogP contribution < -0.4 is 0 Å². The van der Waals surface area contributed by atoms with Crippen LogP contribution in [0.4, 0.5) is 0 Å². The summed E-state index contributed by atoms with van der Waals surface area (Å²) < 4.78 is 0. The van der Waals surface area contributed by atoms with Crippen LogP contribution in [0.5, 0.6) is 0 Å². The van der Waals surface area contributed by atoms with Crippen LogP contribution in [0.2, 0.25) is 0 Å². The second-order valence-corrected chi connectivity index (χ2v) is 4.31. The first kappa shape index (κ1) is 16.0. The summed E-state index contributed by atoms with van der Waals surface area (Å²) in [4.78, 5) is 10.1. The highest BCUT2D eigenvalue weighted by Gasteiger charge is 1.90. The first-order chi connectivity index (χ1) is 8.41. The van der Waals surface area contributed by atoms with Gasteiger partial charge in [0.05, 0.1) is 0 Å². The van der Waals surface area contributed by atoms with Crippen molar-refractivity contribution in [3.8, 4) is 11.8 Å². The molecule has 0 amide bonds. The average molecular weight is 234 g/mol. The van der Waals surface area contributed by atoms with Crippen molar-refractivity contribution in [3.05, 3.63) is 12.2 Å². The third-order valence-corrected chi connectivity index (χ3v) is 2.66. The van der Waals surface area contributed by atoms with Crippen LogP contribution in [0.1, 0.15) is 71.1 Å². The molecule has 0 bridgehead atoms. The predicted octanol–water partition coefficient (Wildman–Crippen LogP) is 4.67. The van der Waals surface area contributed by atoms with E-state index in [1.165, 1.54) is 38.5 Å². The second kappa shape index (κ2) is 15.0. The zero-order valence-corrected chi connectivity index (χ0v) is 11.2. The highest BCUT2D eigenvalue weighted by molar-refractivity contribution is 5.48. The molecule has 96 valence electrons. The fourth-order valence-electron chi connectivity index (χ4n) is 1.63. The number of allylic oxidation sites excluding steroid dienone is 2. The standard InChI is InChI=1S/C16H26O/c1-2-3-4-5-6-7-8-9-10-11-12-13-14-15-16-17/h3-4,16H,2,7-15H2,1H3/b4-3+. The van der Waals surface area contributed by atoms with Crippen LogP contribution in [0.25, 0.3) is 0 Å². The van der Waals surface area contributed by atoms with Gasteiger partial charge in [-0.3, -0.25) is 0 Å². The van der Waals surface area contributed by atoms with E-state index in [4.69, 9.17) is 0 Å². The van der Waals surface area contributed by atoms with Gasteiger partial charge in [-0.2, -0.15) is 0 Å². The smallest absolute Gasteiger partial charge is 0.119 e. The average Bonchev–Trinajstić information content (AvgIpc) is 2.35. The van der Waals surface area contributed by atoms with Crippen LogP contribution in [0, 0.1) is 11.8 Å². The molecule has 0 aliphatic rings. The van der Waals surface area contributed by atoms with Gasteiger partial charge in [0.15, 0.2) is 0 Å². The summed E-state index contributed by atoms with van der Waals surface area (Å²) in [5.74, 6) is 6.21. The zero-order valence-electron chi connectivity index (χ0n) is 11.2. The topological polar surface area (TPSA) is 17.1 Å². The Kier molecular flexibility index (Phi) is 14.1. The van der Waals surface area contributed by atoms with Crippen molar-refractivity contribution < 1.29 is 4.79 Å². The molecule has 0 aromatic carbocycles. The molecule has 0 rings (SSSR count). The minimum atomic E-state index is 0.737. The van der Waals surface area contributed by atoms with Crippen molar-refractivity contribution in [1.29, 1.82) is 0 Å². The lowest BCUT2D eigenvalue weighted by atomic mass is 10.1. The number of rotatable bonds is 10. The minimum Gasteiger partial charge on any atom is -0.303 e. The molecule has 0 atom stereocenters. The van der Waals surface area contributed by atoms with Crippen molar-refractivity contribution in [1.82, 2.24) is 0 Å². The fourth-order valence-corrected chi connectivity index (χ4v) is 1.63. The fraction of sp³-hybridized carbons (Fsp3) is 0.688. The molecule has 0 spiro atoms. The Morgan fingerprint density at radius 1 is 0.941 bits per heavy atom. The van der Waals surface area contributed by atoms with Crippen molar-refractivity contribution in [3.63, 3.8) is 0 Å². The quantitative estimate of drug-likeness (QED) is 0.305. The molecule has 0 unspecified atom stereocenters. The molecule has 0 saturated carbocycles. The third kappa shape index (κ3) is 15.0. The molecule has 0 aliphatic heterocycles. The summed E-state index contributed by atoms with van der Waals surface area (Å²) >= 11 is 0. The molecule has 0 aromatic heterocycles. The van der Waals surface area contributed by atoms with Gasteiger partial charge in [-0.15, -0.1) is 0 Å². The minimum absolute atomic E-state index is 0.737. The Labute approximate surface area is 107 Å². The normalized spacial score (nSPS) is 10.2. The Morgan fingerprint density at radius 2 is 1.59 bits per heavy atom. The summed E-state index contributed by atoms with van der Waals surface area (Å²) in [7, 11) is 0. The van der Waals surface area contributed by atoms with Gasteiger partial charge in [-0.25, -0.2) is 0 Å². The van der Waals surface area contributed by atoms with Gasteiger partial charge < -0.3 is 4.79 Å². The maximum atomic E-state index is 10.1. The number of hydrogen-bond acceptors (Lipinski definition) is 1. The van der Waals surface area contributed by atoms with Crippen LogP contribution in [0.15, 0.2) is 12.2 Å². The van der Waals surface area contributed by atoms with Crippen LogP contribution in [-0.2, 0) is 4.79 Å². The maximum absolute atomic E-state index is 10.1. The van der Waals surface area contributed by atoms with Gasteiger partial charge in [0.2, 0.25) is 0 Å². The molecule has 17 heavy (non-hydrogen) atoms. The van der Waals surface area contributed by atoms with E-state index in [0.29, 0.717) is 0 Å². The molecule has 0 aliphatic carbocycles. The lowest BCUT2D eigenvalue weighted by Gasteiger charge is -1.98.